The normalized spacial score (nSPS) is 14.7. The van der Waals surface area contributed by atoms with Crippen molar-refractivity contribution >= 4 is 17.2 Å². The van der Waals surface area contributed by atoms with Crippen LogP contribution in [0, 0.1) is 0 Å². The molecule has 7 nitrogen and oxygen atoms in total. The molecule has 1 fully saturated rings. The molecule has 4 heterocycles. The average molecular weight is 463 g/mol. The molecule has 1 saturated heterocycles. The predicted octanol–water partition coefficient (Wildman–Crippen LogP) is 3.89. The summed E-state index contributed by atoms with van der Waals surface area (Å²) in [5, 5.41) is 0.752. The van der Waals surface area contributed by atoms with Gasteiger partial charge in [0.2, 0.25) is 0 Å². The molecule has 4 aromatic rings. The largest absolute Gasteiger partial charge is 0.379 e. The van der Waals surface area contributed by atoms with Crippen LogP contribution >= 0.6 is 11.6 Å². The number of rotatable bonds is 8. The molecular formula is C25H27ClN6O. The van der Waals surface area contributed by atoms with Gasteiger partial charge in [-0.3, -0.25) is 14.3 Å². The number of ether oxygens (including phenoxy) is 1. The van der Waals surface area contributed by atoms with Crippen LogP contribution in [0.1, 0.15) is 23.5 Å². The van der Waals surface area contributed by atoms with Crippen molar-refractivity contribution in [2.24, 2.45) is 0 Å². The Kier molecular flexibility index (Phi) is 6.90. The molecule has 1 aromatic carbocycles. The molecule has 1 aliphatic rings. The Morgan fingerprint density at radius 2 is 1.88 bits per heavy atom. The summed E-state index contributed by atoms with van der Waals surface area (Å²) in [6.07, 6.45) is 11.0. The standard InChI is InChI=1S/C25H27ClN6O/c26-20-4-1-3-19(17-20)6-7-24-28-9-8-21(30-24)23-18-29-25-22(27-10-12-32(23)25)5-2-11-31-13-15-33-16-14-31/h1,3-4,8-10,12,17-18H,2,5-7,11,13-16H2. The molecule has 0 amide bonds. The summed E-state index contributed by atoms with van der Waals surface area (Å²) in [5.41, 5.74) is 4.91. The Morgan fingerprint density at radius 3 is 2.76 bits per heavy atom. The molecule has 0 N–H and O–H groups in total. The summed E-state index contributed by atoms with van der Waals surface area (Å²) in [5.74, 6) is 0.808. The minimum Gasteiger partial charge on any atom is -0.379 e. The van der Waals surface area contributed by atoms with Gasteiger partial charge in [-0.1, -0.05) is 23.7 Å². The number of benzene rings is 1. The highest BCUT2D eigenvalue weighted by atomic mass is 35.5. The van der Waals surface area contributed by atoms with Crippen molar-refractivity contribution in [3.63, 3.8) is 0 Å². The lowest BCUT2D eigenvalue weighted by Crippen LogP contribution is -2.37. The summed E-state index contributed by atoms with van der Waals surface area (Å²) in [6.45, 7) is 4.74. The third-order valence-corrected chi connectivity index (χ3v) is 6.22. The smallest absolute Gasteiger partial charge is 0.159 e. The van der Waals surface area contributed by atoms with Gasteiger partial charge in [-0.15, -0.1) is 0 Å². The number of hydrogen-bond acceptors (Lipinski definition) is 6. The first-order valence-corrected chi connectivity index (χ1v) is 11.8. The van der Waals surface area contributed by atoms with E-state index in [-0.39, 0.29) is 0 Å². The van der Waals surface area contributed by atoms with E-state index in [9.17, 15) is 0 Å². The summed E-state index contributed by atoms with van der Waals surface area (Å²) < 4.78 is 7.52. The number of aromatic nitrogens is 5. The predicted molar refractivity (Wildman–Crippen MR) is 128 cm³/mol. The molecule has 8 heteroatoms. The van der Waals surface area contributed by atoms with Crippen molar-refractivity contribution in [3.05, 3.63) is 77.2 Å². The van der Waals surface area contributed by atoms with Crippen LogP contribution in [0.25, 0.3) is 17.0 Å². The maximum absolute atomic E-state index is 6.11. The Morgan fingerprint density at radius 1 is 0.970 bits per heavy atom. The molecule has 0 saturated carbocycles. The van der Waals surface area contributed by atoms with Gasteiger partial charge in [-0.25, -0.2) is 15.0 Å². The average Bonchev–Trinajstić information content (AvgIpc) is 3.29. The fourth-order valence-corrected chi connectivity index (χ4v) is 4.46. The Balaban J connectivity index is 1.29. The van der Waals surface area contributed by atoms with Crippen LogP contribution in [0.2, 0.25) is 5.02 Å². The van der Waals surface area contributed by atoms with Crippen LogP contribution in [-0.4, -0.2) is 62.1 Å². The fourth-order valence-electron chi connectivity index (χ4n) is 4.24. The molecule has 170 valence electrons. The first-order valence-electron chi connectivity index (χ1n) is 11.4. The van der Waals surface area contributed by atoms with Crippen molar-refractivity contribution < 1.29 is 4.74 Å². The van der Waals surface area contributed by atoms with E-state index >= 15 is 0 Å². The zero-order valence-electron chi connectivity index (χ0n) is 18.5. The minimum atomic E-state index is 0.749. The van der Waals surface area contributed by atoms with E-state index in [0.29, 0.717) is 0 Å². The Hall–Kier alpha value is -2.87. The van der Waals surface area contributed by atoms with Crippen molar-refractivity contribution in [3.8, 4) is 11.4 Å². The maximum atomic E-state index is 6.11. The highest BCUT2D eigenvalue weighted by Crippen LogP contribution is 2.21. The van der Waals surface area contributed by atoms with Crippen molar-refractivity contribution in [2.75, 3.05) is 32.8 Å². The van der Waals surface area contributed by atoms with Gasteiger partial charge in [0.15, 0.2) is 5.65 Å². The van der Waals surface area contributed by atoms with Gasteiger partial charge in [-0.2, -0.15) is 0 Å². The molecule has 0 spiro atoms. The summed E-state index contributed by atoms with van der Waals surface area (Å²) in [6, 6.07) is 9.86. The monoisotopic (exact) mass is 462 g/mol. The molecule has 3 aromatic heterocycles. The van der Waals surface area contributed by atoms with Crippen LogP contribution in [-0.2, 0) is 24.0 Å². The van der Waals surface area contributed by atoms with E-state index in [0.717, 1.165) is 92.1 Å². The second-order valence-electron chi connectivity index (χ2n) is 8.26. The zero-order chi connectivity index (χ0) is 22.5. The highest BCUT2D eigenvalue weighted by Gasteiger charge is 2.14. The van der Waals surface area contributed by atoms with Crippen molar-refractivity contribution in [2.45, 2.75) is 25.7 Å². The SMILES string of the molecule is Clc1cccc(CCc2nccc(-c3cnc4c(CCCN5CCOCC5)nccn34)n2)c1. The molecule has 0 radical (unpaired) electrons. The molecule has 0 unspecified atom stereocenters. The number of morpholine rings is 1. The lowest BCUT2D eigenvalue weighted by molar-refractivity contribution is 0.0374. The number of fused-ring (bicyclic) bond motifs is 1. The molecule has 1 aliphatic heterocycles. The fraction of sp³-hybridized carbons (Fsp3) is 0.360. The molecule has 33 heavy (non-hydrogen) atoms. The van der Waals surface area contributed by atoms with Gasteiger partial charge in [0.25, 0.3) is 0 Å². The summed E-state index contributed by atoms with van der Waals surface area (Å²) >= 11 is 6.11. The minimum absolute atomic E-state index is 0.749. The third kappa shape index (κ3) is 5.38. The summed E-state index contributed by atoms with van der Waals surface area (Å²) in [7, 11) is 0. The zero-order valence-corrected chi connectivity index (χ0v) is 19.3. The van der Waals surface area contributed by atoms with Gasteiger partial charge < -0.3 is 4.74 Å². The van der Waals surface area contributed by atoms with E-state index in [1.54, 1.807) is 0 Å². The Bertz CT molecular complexity index is 1220. The van der Waals surface area contributed by atoms with Crippen LogP contribution in [0.3, 0.4) is 0 Å². The van der Waals surface area contributed by atoms with Crippen LogP contribution in [0.4, 0.5) is 0 Å². The highest BCUT2D eigenvalue weighted by molar-refractivity contribution is 6.30. The van der Waals surface area contributed by atoms with Crippen molar-refractivity contribution in [1.82, 2.24) is 29.2 Å². The van der Waals surface area contributed by atoms with E-state index < -0.39 is 0 Å². The second kappa shape index (κ2) is 10.4. The first-order chi connectivity index (χ1) is 16.3. The van der Waals surface area contributed by atoms with E-state index in [4.69, 9.17) is 21.3 Å². The second-order valence-corrected chi connectivity index (χ2v) is 8.69. The molecule has 5 rings (SSSR count). The number of halogens is 1. The number of aryl methyl sites for hydroxylation is 3. The first kappa shape index (κ1) is 21.9. The van der Waals surface area contributed by atoms with Gasteiger partial charge in [-0.05, 0) is 49.6 Å². The topological polar surface area (TPSA) is 68.4 Å². The number of imidazole rings is 1. The van der Waals surface area contributed by atoms with Gasteiger partial charge in [0, 0.05) is 43.1 Å². The van der Waals surface area contributed by atoms with Gasteiger partial charge >= 0.3 is 0 Å². The molecule has 0 bridgehead atoms. The van der Waals surface area contributed by atoms with Crippen LogP contribution in [0.15, 0.2) is 55.1 Å². The lowest BCUT2D eigenvalue weighted by atomic mass is 10.1. The van der Waals surface area contributed by atoms with E-state index in [1.165, 1.54) is 5.56 Å². The lowest BCUT2D eigenvalue weighted by Gasteiger charge is -2.26. The molecular weight excluding hydrogens is 436 g/mol. The Labute approximate surface area is 198 Å². The van der Waals surface area contributed by atoms with Crippen LogP contribution in [0.5, 0.6) is 0 Å². The van der Waals surface area contributed by atoms with E-state index in [1.807, 2.05) is 49.1 Å². The van der Waals surface area contributed by atoms with Gasteiger partial charge in [0.1, 0.15) is 5.82 Å². The van der Waals surface area contributed by atoms with Gasteiger partial charge in [0.05, 0.1) is 36.5 Å². The molecule has 0 atom stereocenters. The quantitative estimate of drug-likeness (QED) is 0.395. The number of hydrogen-bond donors (Lipinski definition) is 0. The third-order valence-electron chi connectivity index (χ3n) is 5.99. The van der Waals surface area contributed by atoms with Crippen LogP contribution < -0.4 is 0 Å². The summed E-state index contributed by atoms with van der Waals surface area (Å²) in [4.78, 5) is 21.0. The number of nitrogens with zero attached hydrogens (tertiary/aromatic N) is 6. The van der Waals surface area contributed by atoms with E-state index in [2.05, 4.69) is 30.3 Å². The maximum Gasteiger partial charge on any atom is 0.159 e. The molecule has 0 aliphatic carbocycles. The van der Waals surface area contributed by atoms with Crippen molar-refractivity contribution in [1.29, 1.82) is 0 Å².